The molecule has 0 saturated heterocycles. The Hall–Kier alpha value is -1.60. The highest BCUT2D eigenvalue weighted by Gasteiger charge is 2.16. The summed E-state index contributed by atoms with van der Waals surface area (Å²) in [4.78, 5) is 12.0. The number of para-hydroxylation sites is 1. The van der Waals surface area contributed by atoms with Crippen LogP contribution in [0.4, 0.5) is 5.69 Å². The van der Waals surface area contributed by atoms with Crippen LogP contribution in [-0.4, -0.2) is 33.2 Å². The number of carbonyl (C=O) groups is 1. The van der Waals surface area contributed by atoms with Crippen LogP contribution in [0.3, 0.4) is 0 Å². The molecule has 0 unspecified atom stereocenters. The Balaban J connectivity index is 2.86. The minimum absolute atomic E-state index is 0.0312. The van der Waals surface area contributed by atoms with E-state index < -0.39 is 10.0 Å². The van der Waals surface area contributed by atoms with Gasteiger partial charge < -0.3 is 11.1 Å². The van der Waals surface area contributed by atoms with E-state index in [0.29, 0.717) is 31.0 Å². The summed E-state index contributed by atoms with van der Waals surface area (Å²) < 4.78 is 26.5. The molecule has 4 N–H and O–H groups in total. The second-order valence-corrected chi connectivity index (χ2v) is 7.04. The van der Waals surface area contributed by atoms with E-state index >= 15 is 0 Å². The van der Waals surface area contributed by atoms with E-state index in [2.05, 4.69) is 10.0 Å². The molecule has 1 aromatic rings. The number of carbonyl (C=O) groups excluding carboxylic acids is 1. The van der Waals surface area contributed by atoms with Crippen molar-refractivity contribution in [3.8, 4) is 0 Å². The van der Waals surface area contributed by atoms with E-state index in [4.69, 9.17) is 5.73 Å². The van der Waals surface area contributed by atoms with Crippen molar-refractivity contribution in [2.24, 2.45) is 11.7 Å². The van der Waals surface area contributed by atoms with Gasteiger partial charge in [0.05, 0.1) is 17.0 Å². The van der Waals surface area contributed by atoms with Gasteiger partial charge in [0.2, 0.25) is 10.0 Å². The van der Waals surface area contributed by atoms with Gasteiger partial charge in [-0.1, -0.05) is 26.0 Å². The molecule has 0 spiro atoms. The molecule has 0 atom stereocenters. The van der Waals surface area contributed by atoms with Gasteiger partial charge in [0.1, 0.15) is 0 Å². The van der Waals surface area contributed by atoms with Gasteiger partial charge in [-0.3, -0.25) is 9.52 Å². The van der Waals surface area contributed by atoms with E-state index in [1.54, 1.807) is 24.3 Å². The molecule has 0 aliphatic heterocycles. The number of anilines is 1. The number of hydrogen-bond donors (Lipinski definition) is 3. The fourth-order valence-electron chi connectivity index (χ4n) is 1.66. The van der Waals surface area contributed by atoms with E-state index in [9.17, 15) is 13.2 Å². The Morgan fingerprint density at radius 1 is 1.29 bits per heavy atom. The van der Waals surface area contributed by atoms with Crippen LogP contribution in [0.1, 0.15) is 30.6 Å². The fourth-order valence-corrected chi connectivity index (χ4v) is 3.06. The van der Waals surface area contributed by atoms with Crippen LogP contribution in [0.15, 0.2) is 24.3 Å². The van der Waals surface area contributed by atoms with Crippen molar-refractivity contribution in [2.75, 3.05) is 23.6 Å². The first-order valence-corrected chi connectivity index (χ1v) is 8.58. The molecule has 1 amide bonds. The first-order chi connectivity index (χ1) is 9.85. The fraction of sp³-hybridized carbons (Fsp3) is 0.500. The highest BCUT2D eigenvalue weighted by molar-refractivity contribution is 7.92. The van der Waals surface area contributed by atoms with E-state index in [-0.39, 0.29) is 17.3 Å². The summed E-state index contributed by atoms with van der Waals surface area (Å²) in [6.45, 7) is 4.59. The van der Waals surface area contributed by atoms with Crippen molar-refractivity contribution >= 4 is 21.6 Å². The molecule has 0 aliphatic rings. The van der Waals surface area contributed by atoms with Crippen molar-refractivity contribution in [1.29, 1.82) is 0 Å². The lowest BCUT2D eigenvalue weighted by Gasteiger charge is -2.13. The smallest absolute Gasteiger partial charge is 0.253 e. The van der Waals surface area contributed by atoms with Crippen molar-refractivity contribution in [1.82, 2.24) is 5.32 Å². The second kappa shape index (κ2) is 7.99. The molecule has 1 aromatic carbocycles. The zero-order chi connectivity index (χ0) is 15.9. The molecule has 0 radical (unpaired) electrons. The summed E-state index contributed by atoms with van der Waals surface area (Å²) in [7, 11) is -3.46. The van der Waals surface area contributed by atoms with Crippen LogP contribution in [-0.2, 0) is 10.0 Å². The van der Waals surface area contributed by atoms with Crippen LogP contribution in [0.25, 0.3) is 0 Å². The van der Waals surface area contributed by atoms with Crippen LogP contribution in [0, 0.1) is 5.92 Å². The normalized spacial score (nSPS) is 11.4. The highest BCUT2D eigenvalue weighted by atomic mass is 32.2. The largest absolute Gasteiger partial charge is 0.351 e. The van der Waals surface area contributed by atoms with Crippen LogP contribution in [0.2, 0.25) is 0 Å². The maximum absolute atomic E-state index is 12.0. The lowest BCUT2D eigenvalue weighted by Crippen LogP contribution is -2.30. The molecule has 6 nitrogen and oxygen atoms in total. The third-order valence-electron chi connectivity index (χ3n) is 2.83. The predicted molar refractivity (Wildman–Crippen MR) is 84.7 cm³/mol. The van der Waals surface area contributed by atoms with Crippen LogP contribution in [0.5, 0.6) is 0 Å². The molecule has 0 aromatic heterocycles. The molecule has 7 heteroatoms. The number of amides is 1. The summed E-state index contributed by atoms with van der Waals surface area (Å²) in [5.41, 5.74) is 5.91. The molecular formula is C14H23N3O3S. The van der Waals surface area contributed by atoms with Crippen molar-refractivity contribution in [3.63, 3.8) is 0 Å². The van der Waals surface area contributed by atoms with Gasteiger partial charge in [-0.05, 0) is 24.5 Å². The van der Waals surface area contributed by atoms with Gasteiger partial charge in [-0.2, -0.15) is 0 Å². The molecule has 0 fully saturated rings. The average Bonchev–Trinajstić information content (AvgIpc) is 2.43. The van der Waals surface area contributed by atoms with E-state index in [0.717, 1.165) is 0 Å². The summed E-state index contributed by atoms with van der Waals surface area (Å²) in [5, 5.41) is 2.63. The van der Waals surface area contributed by atoms with Gasteiger partial charge in [0, 0.05) is 13.1 Å². The van der Waals surface area contributed by atoms with Crippen molar-refractivity contribution in [2.45, 2.75) is 20.3 Å². The third kappa shape index (κ3) is 6.14. The maximum atomic E-state index is 12.0. The Kier molecular flexibility index (Phi) is 6.64. The molecule has 0 bridgehead atoms. The number of benzene rings is 1. The lowest BCUT2D eigenvalue weighted by atomic mass is 10.1. The minimum Gasteiger partial charge on any atom is -0.351 e. The summed E-state index contributed by atoms with van der Waals surface area (Å²) in [6, 6.07) is 6.51. The molecule has 21 heavy (non-hydrogen) atoms. The number of nitrogens with one attached hydrogen (secondary N) is 2. The van der Waals surface area contributed by atoms with Gasteiger partial charge in [-0.25, -0.2) is 8.42 Å². The standard InChI is InChI=1S/C14H23N3O3S/c1-11(2)7-10-21(19,20)17-13-6-4-3-5-12(13)14(18)16-9-8-15/h3-6,11,17H,7-10,15H2,1-2H3,(H,16,18). The Bertz CT molecular complexity index is 571. The molecule has 0 aliphatic carbocycles. The topological polar surface area (TPSA) is 101 Å². The Labute approximate surface area is 126 Å². The second-order valence-electron chi connectivity index (χ2n) is 5.19. The average molecular weight is 313 g/mol. The van der Waals surface area contributed by atoms with Crippen molar-refractivity contribution < 1.29 is 13.2 Å². The van der Waals surface area contributed by atoms with Crippen LogP contribution < -0.4 is 15.8 Å². The minimum atomic E-state index is -3.46. The van der Waals surface area contributed by atoms with Gasteiger partial charge in [-0.15, -0.1) is 0 Å². The van der Waals surface area contributed by atoms with Gasteiger partial charge >= 0.3 is 0 Å². The zero-order valence-corrected chi connectivity index (χ0v) is 13.2. The van der Waals surface area contributed by atoms with Gasteiger partial charge in [0.25, 0.3) is 5.91 Å². The summed E-state index contributed by atoms with van der Waals surface area (Å²) in [6.07, 6.45) is 0.566. The zero-order valence-electron chi connectivity index (χ0n) is 12.4. The molecule has 0 saturated carbocycles. The van der Waals surface area contributed by atoms with Crippen LogP contribution >= 0.6 is 0 Å². The molecule has 118 valence electrons. The lowest BCUT2D eigenvalue weighted by molar-refractivity contribution is 0.0955. The monoisotopic (exact) mass is 313 g/mol. The van der Waals surface area contributed by atoms with Crippen molar-refractivity contribution in [3.05, 3.63) is 29.8 Å². The molecular weight excluding hydrogens is 290 g/mol. The first kappa shape index (κ1) is 17.5. The predicted octanol–water partition coefficient (Wildman–Crippen LogP) is 1.16. The maximum Gasteiger partial charge on any atom is 0.253 e. The number of sulfonamides is 1. The summed E-state index contributed by atoms with van der Waals surface area (Å²) >= 11 is 0. The molecule has 1 rings (SSSR count). The SMILES string of the molecule is CC(C)CCS(=O)(=O)Nc1ccccc1C(=O)NCCN. The van der Waals surface area contributed by atoms with E-state index in [1.807, 2.05) is 13.8 Å². The molecule has 0 heterocycles. The number of rotatable bonds is 8. The Morgan fingerprint density at radius 3 is 2.57 bits per heavy atom. The Morgan fingerprint density at radius 2 is 1.95 bits per heavy atom. The summed E-state index contributed by atoms with van der Waals surface area (Å²) in [5.74, 6) is -0.0176. The van der Waals surface area contributed by atoms with E-state index in [1.165, 1.54) is 0 Å². The first-order valence-electron chi connectivity index (χ1n) is 6.93. The number of nitrogens with two attached hydrogens (primary N) is 1. The third-order valence-corrected chi connectivity index (χ3v) is 4.14. The number of hydrogen-bond acceptors (Lipinski definition) is 4. The highest BCUT2D eigenvalue weighted by Crippen LogP contribution is 2.17. The quantitative estimate of drug-likeness (QED) is 0.670. The van der Waals surface area contributed by atoms with Gasteiger partial charge in [0.15, 0.2) is 0 Å².